The number of hydrogen-bond donors (Lipinski definition) is 0. The lowest BCUT2D eigenvalue weighted by molar-refractivity contribution is -0.254. The zero-order chi connectivity index (χ0) is 18.6. The van der Waals surface area contributed by atoms with Crippen LogP contribution < -0.4 is 9.84 Å². The van der Waals surface area contributed by atoms with Crippen LogP contribution in [-0.4, -0.2) is 11.0 Å². The van der Waals surface area contributed by atoms with Gasteiger partial charge in [-0.1, -0.05) is 48.5 Å². The van der Waals surface area contributed by atoms with Crippen molar-refractivity contribution in [1.82, 2.24) is 4.98 Å². The van der Waals surface area contributed by atoms with Gasteiger partial charge in [0.25, 0.3) is 0 Å². The molecule has 4 heteroatoms. The van der Waals surface area contributed by atoms with Gasteiger partial charge in [-0.05, 0) is 42.0 Å². The average molecular weight is 354 g/mol. The molecule has 0 aliphatic heterocycles. The minimum Gasteiger partial charge on any atom is -0.545 e. The van der Waals surface area contributed by atoms with Crippen molar-refractivity contribution in [3.63, 3.8) is 0 Å². The number of ether oxygens (including phenoxy) is 1. The number of carbonyl (C=O) groups is 1. The molecule has 0 saturated heterocycles. The lowest BCUT2D eigenvalue weighted by Gasteiger charge is -2.11. The Labute approximate surface area is 156 Å². The number of para-hydroxylation sites is 1. The maximum Gasteiger partial charge on any atom is 0.119 e. The Kier molecular flexibility index (Phi) is 4.54. The number of rotatable bonds is 5. The Bertz CT molecular complexity index is 1090. The van der Waals surface area contributed by atoms with Gasteiger partial charge in [0.15, 0.2) is 0 Å². The number of fused-ring (bicyclic) bond motifs is 1. The van der Waals surface area contributed by atoms with Crippen molar-refractivity contribution in [2.45, 2.75) is 6.61 Å². The highest BCUT2D eigenvalue weighted by molar-refractivity contribution is 6.02. The molecular formula is C23H16NO3-. The Morgan fingerprint density at radius 2 is 1.59 bits per heavy atom. The van der Waals surface area contributed by atoms with Crippen LogP contribution >= 0.6 is 0 Å². The fourth-order valence-corrected chi connectivity index (χ4v) is 2.95. The third kappa shape index (κ3) is 3.65. The van der Waals surface area contributed by atoms with Gasteiger partial charge in [0.05, 0.1) is 17.2 Å². The second-order valence-electron chi connectivity index (χ2n) is 6.16. The summed E-state index contributed by atoms with van der Waals surface area (Å²) in [7, 11) is 0. The molecule has 4 aromatic rings. The molecule has 0 spiro atoms. The zero-order valence-electron chi connectivity index (χ0n) is 14.5. The van der Waals surface area contributed by atoms with E-state index in [1.54, 1.807) is 24.3 Å². The Morgan fingerprint density at radius 3 is 2.33 bits per heavy atom. The van der Waals surface area contributed by atoms with Crippen LogP contribution in [0.2, 0.25) is 0 Å². The maximum atomic E-state index is 11.5. The van der Waals surface area contributed by atoms with Gasteiger partial charge in [0.2, 0.25) is 0 Å². The molecule has 0 radical (unpaired) electrons. The standard InChI is InChI=1S/C23H17NO3/c25-23(26)20-14-22(24-21-9-5-4-8-19(20)21)17-10-12-18(13-11-17)27-15-16-6-2-1-3-7-16/h1-14H,15H2,(H,25,26)/p-1. The van der Waals surface area contributed by atoms with E-state index in [1.807, 2.05) is 60.7 Å². The van der Waals surface area contributed by atoms with Gasteiger partial charge in [-0.25, -0.2) is 4.98 Å². The molecule has 0 unspecified atom stereocenters. The number of carboxylic acid groups (broad SMARTS) is 1. The Hall–Kier alpha value is -3.66. The minimum atomic E-state index is -1.21. The summed E-state index contributed by atoms with van der Waals surface area (Å²) < 4.78 is 5.79. The molecule has 4 rings (SSSR count). The summed E-state index contributed by atoms with van der Waals surface area (Å²) in [5, 5.41) is 12.1. The highest BCUT2D eigenvalue weighted by Crippen LogP contribution is 2.26. The van der Waals surface area contributed by atoms with Crippen molar-refractivity contribution in [2.24, 2.45) is 0 Å². The lowest BCUT2D eigenvalue weighted by atomic mass is 10.0. The molecule has 0 aliphatic rings. The van der Waals surface area contributed by atoms with Crippen LogP contribution in [0.1, 0.15) is 15.9 Å². The van der Waals surface area contributed by atoms with Crippen molar-refractivity contribution in [3.8, 4) is 17.0 Å². The van der Waals surface area contributed by atoms with E-state index in [-0.39, 0.29) is 5.56 Å². The lowest BCUT2D eigenvalue weighted by Crippen LogP contribution is -2.22. The van der Waals surface area contributed by atoms with E-state index in [0.29, 0.717) is 23.2 Å². The molecule has 132 valence electrons. The number of carbonyl (C=O) groups excluding carboxylic acids is 1. The van der Waals surface area contributed by atoms with Crippen LogP contribution in [0.25, 0.3) is 22.2 Å². The molecule has 1 aromatic heterocycles. The molecule has 0 fully saturated rings. The van der Waals surface area contributed by atoms with Gasteiger partial charge < -0.3 is 14.6 Å². The summed E-state index contributed by atoms with van der Waals surface area (Å²) in [6.45, 7) is 0.489. The molecule has 0 amide bonds. The summed E-state index contributed by atoms with van der Waals surface area (Å²) in [4.78, 5) is 16.1. The van der Waals surface area contributed by atoms with Crippen LogP contribution in [-0.2, 0) is 6.61 Å². The van der Waals surface area contributed by atoms with Crippen LogP contribution in [0.4, 0.5) is 0 Å². The monoisotopic (exact) mass is 354 g/mol. The van der Waals surface area contributed by atoms with Crippen LogP contribution in [0.3, 0.4) is 0 Å². The van der Waals surface area contributed by atoms with Crippen molar-refractivity contribution < 1.29 is 14.6 Å². The van der Waals surface area contributed by atoms with Crippen molar-refractivity contribution in [1.29, 1.82) is 0 Å². The molecule has 0 saturated carbocycles. The third-order valence-corrected chi connectivity index (χ3v) is 4.33. The first-order valence-corrected chi connectivity index (χ1v) is 8.59. The predicted octanol–water partition coefficient (Wildman–Crippen LogP) is 3.84. The summed E-state index contributed by atoms with van der Waals surface area (Å²) in [6, 6.07) is 26.1. The highest BCUT2D eigenvalue weighted by Gasteiger charge is 2.08. The number of aromatic nitrogens is 1. The topological polar surface area (TPSA) is 62.2 Å². The van der Waals surface area contributed by atoms with Crippen molar-refractivity contribution in [3.05, 3.63) is 96.1 Å². The first kappa shape index (κ1) is 16.8. The van der Waals surface area contributed by atoms with Gasteiger partial charge in [-0.15, -0.1) is 0 Å². The van der Waals surface area contributed by atoms with E-state index >= 15 is 0 Å². The van der Waals surface area contributed by atoms with E-state index < -0.39 is 5.97 Å². The third-order valence-electron chi connectivity index (χ3n) is 4.33. The number of carboxylic acids is 1. The smallest absolute Gasteiger partial charge is 0.119 e. The zero-order valence-corrected chi connectivity index (χ0v) is 14.5. The second kappa shape index (κ2) is 7.30. The van der Waals surface area contributed by atoms with E-state index in [4.69, 9.17) is 4.74 Å². The van der Waals surface area contributed by atoms with Crippen LogP contribution in [0.5, 0.6) is 5.75 Å². The van der Waals surface area contributed by atoms with Gasteiger partial charge >= 0.3 is 0 Å². The molecule has 0 aliphatic carbocycles. The molecule has 27 heavy (non-hydrogen) atoms. The number of nitrogens with zero attached hydrogens (tertiary/aromatic N) is 1. The van der Waals surface area contributed by atoms with E-state index in [9.17, 15) is 9.90 Å². The van der Waals surface area contributed by atoms with Gasteiger partial charge in [0.1, 0.15) is 12.4 Å². The second-order valence-corrected chi connectivity index (χ2v) is 6.16. The Balaban J connectivity index is 1.61. The largest absolute Gasteiger partial charge is 0.545 e. The van der Waals surface area contributed by atoms with E-state index in [0.717, 1.165) is 16.9 Å². The summed E-state index contributed by atoms with van der Waals surface area (Å²) in [6.07, 6.45) is 0. The SMILES string of the molecule is O=C([O-])c1cc(-c2ccc(OCc3ccccc3)cc2)nc2ccccc12. The molecule has 1 heterocycles. The van der Waals surface area contributed by atoms with E-state index in [2.05, 4.69) is 4.98 Å². The molecular weight excluding hydrogens is 338 g/mol. The van der Waals surface area contributed by atoms with Gasteiger partial charge in [-0.3, -0.25) is 0 Å². The first-order chi connectivity index (χ1) is 13.2. The van der Waals surface area contributed by atoms with Crippen molar-refractivity contribution >= 4 is 16.9 Å². The normalized spacial score (nSPS) is 10.7. The van der Waals surface area contributed by atoms with Crippen LogP contribution in [0, 0.1) is 0 Å². The number of aromatic carboxylic acids is 1. The van der Waals surface area contributed by atoms with Gasteiger partial charge in [-0.2, -0.15) is 0 Å². The first-order valence-electron chi connectivity index (χ1n) is 8.59. The average Bonchev–Trinajstić information content (AvgIpc) is 2.72. The van der Waals surface area contributed by atoms with Gasteiger partial charge in [0, 0.05) is 16.5 Å². The highest BCUT2D eigenvalue weighted by atomic mass is 16.5. The molecule has 0 N–H and O–H groups in total. The minimum absolute atomic E-state index is 0.139. The molecule has 0 atom stereocenters. The Morgan fingerprint density at radius 1 is 0.889 bits per heavy atom. The number of pyridine rings is 1. The fraction of sp³-hybridized carbons (Fsp3) is 0.0435. The van der Waals surface area contributed by atoms with Crippen LogP contribution in [0.15, 0.2) is 84.9 Å². The summed E-state index contributed by atoms with van der Waals surface area (Å²) >= 11 is 0. The summed E-state index contributed by atoms with van der Waals surface area (Å²) in [5.41, 5.74) is 3.26. The number of benzene rings is 3. The number of hydrogen-bond acceptors (Lipinski definition) is 4. The molecule has 0 bridgehead atoms. The van der Waals surface area contributed by atoms with E-state index in [1.165, 1.54) is 0 Å². The summed E-state index contributed by atoms with van der Waals surface area (Å²) in [5.74, 6) is -0.471. The van der Waals surface area contributed by atoms with Crippen molar-refractivity contribution in [2.75, 3.05) is 0 Å². The maximum absolute atomic E-state index is 11.5. The fourth-order valence-electron chi connectivity index (χ4n) is 2.95. The quantitative estimate of drug-likeness (QED) is 0.546. The molecule has 4 nitrogen and oxygen atoms in total. The predicted molar refractivity (Wildman–Crippen MR) is 102 cm³/mol. The molecule has 3 aromatic carbocycles.